The highest BCUT2D eigenvalue weighted by molar-refractivity contribution is 14.0. The number of hydrogen-bond donors (Lipinski definition) is 2. The number of likely N-dealkylation sites (tertiary alicyclic amines) is 1. The van der Waals surface area contributed by atoms with Gasteiger partial charge in [-0.3, -0.25) is 4.90 Å². The summed E-state index contributed by atoms with van der Waals surface area (Å²) in [7, 11) is 2.25. The maximum Gasteiger partial charge on any atom is 0.191 e. The molecule has 0 bridgehead atoms. The maximum absolute atomic E-state index is 4.76. The Hall–Kier alpha value is -0.710. The highest BCUT2D eigenvalue weighted by Gasteiger charge is 2.31. The van der Waals surface area contributed by atoms with Gasteiger partial charge in [-0.1, -0.05) is 6.07 Å². The van der Waals surface area contributed by atoms with Gasteiger partial charge in [0.1, 0.15) is 0 Å². The first-order valence-corrected chi connectivity index (χ1v) is 11.1. The molecule has 2 unspecified atom stereocenters. The fraction of sp³-hybridized carbons (Fsp3) is 0.579. The lowest BCUT2D eigenvalue weighted by Crippen LogP contribution is -2.44. The van der Waals surface area contributed by atoms with Crippen molar-refractivity contribution in [2.45, 2.75) is 39.3 Å². The topological polar surface area (TPSA) is 52.6 Å². The van der Waals surface area contributed by atoms with Gasteiger partial charge in [0.15, 0.2) is 5.96 Å². The molecule has 0 aromatic carbocycles. The predicted octanol–water partition coefficient (Wildman–Crippen LogP) is 4.27. The van der Waals surface area contributed by atoms with E-state index < -0.39 is 0 Å². The van der Waals surface area contributed by atoms with Gasteiger partial charge in [0.2, 0.25) is 0 Å². The first-order valence-electron chi connectivity index (χ1n) is 9.33. The number of guanidine groups is 1. The molecule has 0 spiro atoms. The van der Waals surface area contributed by atoms with Gasteiger partial charge < -0.3 is 10.6 Å². The summed E-state index contributed by atoms with van der Waals surface area (Å²) in [6, 6.07) is 4.94. The molecular weight excluding hydrogens is 489 g/mol. The van der Waals surface area contributed by atoms with Gasteiger partial charge in [0, 0.05) is 28.9 Å². The first-order chi connectivity index (χ1) is 12.7. The minimum absolute atomic E-state index is 0. The van der Waals surface area contributed by atoms with Gasteiger partial charge in [0.05, 0.1) is 17.7 Å². The van der Waals surface area contributed by atoms with Crippen LogP contribution in [0.25, 0.3) is 0 Å². The van der Waals surface area contributed by atoms with Crippen LogP contribution in [0.4, 0.5) is 0 Å². The SMILES string of the molecule is CCNC(=NCc1scnc1C)NCC1CCCN(C)C1c1cccs1.I. The number of aliphatic imine (C=N–C) groups is 1. The van der Waals surface area contributed by atoms with Crippen LogP contribution in [0.5, 0.6) is 0 Å². The summed E-state index contributed by atoms with van der Waals surface area (Å²) in [6.07, 6.45) is 2.52. The van der Waals surface area contributed by atoms with Crippen molar-refractivity contribution in [1.29, 1.82) is 0 Å². The predicted molar refractivity (Wildman–Crippen MR) is 127 cm³/mol. The summed E-state index contributed by atoms with van der Waals surface area (Å²) < 4.78 is 0. The number of aryl methyl sites for hydroxylation is 1. The second-order valence-electron chi connectivity index (χ2n) is 6.78. The van der Waals surface area contributed by atoms with Gasteiger partial charge in [-0.15, -0.1) is 46.7 Å². The van der Waals surface area contributed by atoms with Crippen LogP contribution in [0, 0.1) is 12.8 Å². The minimum atomic E-state index is 0. The molecule has 2 aromatic rings. The highest BCUT2D eigenvalue weighted by Crippen LogP contribution is 2.36. The molecule has 2 aromatic heterocycles. The summed E-state index contributed by atoms with van der Waals surface area (Å²) in [4.78, 5) is 14.3. The van der Waals surface area contributed by atoms with Gasteiger partial charge in [-0.25, -0.2) is 9.98 Å². The summed E-state index contributed by atoms with van der Waals surface area (Å²) in [6.45, 7) is 7.83. The number of rotatable bonds is 6. The van der Waals surface area contributed by atoms with Crippen molar-refractivity contribution in [2.75, 3.05) is 26.7 Å². The quantitative estimate of drug-likeness (QED) is 0.340. The Kier molecular flexibility index (Phi) is 9.47. The molecule has 8 heteroatoms. The Morgan fingerprint density at radius 1 is 1.37 bits per heavy atom. The smallest absolute Gasteiger partial charge is 0.191 e. The second-order valence-corrected chi connectivity index (χ2v) is 8.70. The van der Waals surface area contributed by atoms with Crippen molar-refractivity contribution in [3.63, 3.8) is 0 Å². The van der Waals surface area contributed by atoms with E-state index in [1.165, 1.54) is 29.1 Å². The maximum atomic E-state index is 4.76. The minimum Gasteiger partial charge on any atom is -0.357 e. The second kappa shape index (κ2) is 11.3. The first kappa shape index (κ1) is 22.6. The molecule has 150 valence electrons. The number of thiazole rings is 1. The number of nitrogens with zero attached hydrogens (tertiary/aromatic N) is 3. The van der Waals surface area contributed by atoms with Crippen molar-refractivity contribution in [1.82, 2.24) is 20.5 Å². The van der Waals surface area contributed by atoms with E-state index in [2.05, 4.69) is 52.0 Å². The summed E-state index contributed by atoms with van der Waals surface area (Å²) in [5.41, 5.74) is 2.98. The lowest BCUT2D eigenvalue weighted by molar-refractivity contribution is 0.125. The molecule has 0 radical (unpaired) electrons. The van der Waals surface area contributed by atoms with Crippen molar-refractivity contribution in [3.05, 3.63) is 38.5 Å². The number of piperidine rings is 1. The van der Waals surface area contributed by atoms with Crippen LogP contribution in [0.2, 0.25) is 0 Å². The monoisotopic (exact) mass is 519 g/mol. The molecule has 0 saturated carbocycles. The van der Waals surface area contributed by atoms with E-state index in [0.717, 1.165) is 24.7 Å². The molecule has 0 aliphatic carbocycles. The van der Waals surface area contributed by atoms with E-state index in [4.69, 9.17) is 4.99 Å². The third-order valence-electron chi connectivity index (χ3n) is 4.94. The Balaban J connectivity index is 0.00000261. The summed E-state index contributed by atoms with van der Waals surface area (Å²) >= 11 is 3.55. The molecule has 3 rings (SSSR count). The molecule has 2 N–H and O–H groups in total. The number of nitrogens with one attached hydrogen (secondary N) is 2. The molecule has 1 aliphatic heterocycles. The van der Waals surface area contributed by atoms with Crippen LogP contribution in [-0.2, 0) is 6.54 Å². The zero-order chi connectivity index (χ0) is 18.4. The fourth-order valence-corrected chi connectivity index (χ4v) is 5.26. The van der Waals surface area contributed by atoms with Gasteiger partial charge in [-0.2, -0.15) is 0 Å². The molecule has 27 heavy (non-hydrogen) atoms. The third kappa shape index (κ3) is 6.13. The fourth-order valence-electron chi connectivity index (χ4n) is 3.58. The molecule has 3 heterocycles. The van der Waals surface area contributed by atoms with Crippen LogP contribution in [0.3, 0.4) is 0 Å². The molecule has 1 aliphatic rings. The molecule has 1 saturated heterocycles. The molecule has 5 nitrogen and oxygen atoms in total. The standard InChI is InChI=1S/C19H29N5S2.HI/c1-4-20-19(22-12-17-14(2)23-13-26-17)21-11-15-7-5-9-24(3)18(15)16-8-6-10-25-16;/h6,8,10,13,15,18H,4-5,7,9,11-12H2,1-3H3,(H2,20,21,22);1H. The Morgan fingerprint density at radius 2 is 2.22 bits per heavy atom. The van der Waals surface area contributed by atoms with Crippen molar-refractivity contribution >= 4 is 52.6 Å². The van der Waals surface area contributed by atoms with Gasteiger partial charge >= 0.3 is 0 Å². The molecule has 2 atom stereocenters. The number of thiophene rings is 1. The third-order valence-corrected chi connectivity index (χ3v) is 6.81. The molecular formula is C19H30IN5S2. The van der Waals surface area contributed by atoms with E-state index >= 15 is 0 Å². The normalized spacial score (nSPS) is 20.9. The Morgan fingerprint density at radius 3 is 2.89 bits per heavy atom. The highest BCUT2D eigenvalue weighted by atomic mass is 127. The largest absolute Gasteiger partial charge is 0.357 e. The Bertz CT molecular complexity index is 701. The van der Waals surface area contributed by atoms with Crippen LogP contribution >= 0.6 is 46.7 Å². The van der Waals surface area contributed by atoms with E-state index in [1.54, 1.807) is 11.3 Å². The van der Waals surface area contributed by atoms with Crippen LogP contribution in [-0.4, -0.2) is 42.5 Å². The van der Waals surface area contributed by atoms with Crippen LogP contribution in [0.15, 0.2) is 28.0 Å². The molecule has 0 amide bonds. The van der Waals surface area contributed by atoms with Crippen LogP contribution < -0.4 is 10.6 Å². The van der Waals surface area contributed by atoms with Crippen molar-refractivity contribution in [3.8, 4) is 0 Å². The van der Waals surface area contributed by atoms with Gasteiger partial charge in [-0.05, 0) is 57.6 Å². The number of aromatic nitrogens is 1. The lowest BCUT2D eigenvalue weighted by atomic mass is 9.88. The number of halogens is 1. The average Bonchev–Trinajstić information content (AvgIpc) is 3.29. The van der Waals surface area contributed by atoms with Crippen molar-refractivity contribution in [2.24, 2.45) is 10.9 Å². The summed E-state index contributed by atoms with van der Waals surface area (Å²) in [5.74, 6) is 1.50. The molecule has 1 fully saturated rings. The van der Waals surface area contributed by atoms with Crippen LogP contribution in [0.1, 0.15) is 41.3 Å². The average molecular weight is 520 g/mol. The van der Waals surface area contributed by atoms with E-state index in [-0.39, 0.29) is 24.0 Å². The van der Waals surface area contributed by atoms with E-state index in [0.29, 0.717) is 18.5 Å². The zero-order valence-corrected chi connectivity index (χ0v) is 20.2. The zero-order valence-electron chi connectivity index (χ0n) is 16.3. The van der Waals surface area contributed by atoms with E-state index in [9.17, 15) is 0 Å². The Labute approximate surface area is 187 Å². The summed E-state index contributed by atoms with van der Waals surface area (Å²) in [5, 5.41) is 9.15. The van der Waals surface area contributed by atoms with Crippen molar-refractivity contribution < 1.29 is 0 Å². The van der Waals surface area contributed by atoms with E-state index in [1.807, 2.05) is 23.8 Å². The number of hydrogen-bond acceptors (Lipinski definition) is 5. The van der Waals surface area contributed by atoms with Gasteiger partial charge in [0.25, 0.3) is 0 Å². The lowest BCUT2D eigenvalue weighted by Gasteiger charge is -2.39.